The van der Waals surface area contributed by atoms with Gasteiger partial charge < -0.3 is 41.5 Å². The number of hydrazine groups is 1. The molecule has 1 unspecified atom stereocenters. The highest BCUT2D eigenvalue weighted by atomic mass is 32.2. The Morgan fingerprint density at radius 3 is 2.35 bits per heavy atom. The van der Waals surface area contributed by atoms with Gasteiger partial charge in [-0.1, -0.05) is 44.6 Å². The van der Waals surface area contributed by atoms with Crippen molar-refractivity contribution in [3.8, 4) is 11.5 Å². The summed E-state index contributed by atoms with van der Waals surface area (Å²) >= 11 is 0.681. The molecule has 0 bridgehead atoms. The number of nitrogens with zero attached hydrogens (tertiary/aromatic N) is 2. The summed E-state index contributed by atoms with van der Waals surface area (Å²) in [5.41, 5.74) is 13.9. The van der Waals surface area contributed by atoms with E-state index >= 15 is 0 Å². The van der Waals surface area contributed by atoms with Crippen molar-refractivity contribution in [2.75, 3.05) is 46.9 Å². The number of phenols is 1. The number of rotatable bonds is 22. The van der Waals surface area contributed by atoms with Gasteiger partial charge in [0.1, 0.15) is 23.2 Å². The molecular formula is C33H56N7O5S+. The molecule has 0 spiro atoms. The minimum absolute atomic E-state index is 0.00705. The molecule has 0 saturated heterocycles. The van der Waals surface area contributed by atoms with Crippen LogP contribution in [-0.2, 0) is 9.59 Å². The second-order valence-electron chi connectivity index (χ2n) is 12.3. The fourth-order valence-electron chi connectivity index (χ4n) is 4.77. The molecule has 1 atom stereocenters. The SMILES string of the molecule is CC[N+](C)(C)c1cc(O)cc(OCCCCCCCCCCN(N)C=C(N)CNC(=O)C(N)CNC(=O)C2=CC=C(SO)CC2)c1. The van der Waals surface area contributed by atoms with Gasteiger partial charge in [0, 0.05) is 65.7 Å². The van der Waals surface area contributed by atoms with Crippen LogP contribution in [0.2, 0.25) is 0 Å². The Morgan fingerprint density at radius 2 is 1.72 bits per heavy atom. The van der Waals surface area contributed by atoms with Crippen LogP contribution < -0.4 is 37.2 Å². The monoisotopic (exact) mass is 662 g/mol. The smallest absolute Gasteiger partial charge is 0.247 e. The third-order valence-corrected chi connectivity index (χ3v) is 8.66. The predicted octanol–water partition coefficient (Wildman–Crippen LogP) is 3.82. The second-order valence-corrected chi connectivity index (χ2v) is 13.0. The van der Waals surface area contributed by atoms with Gasteiger partial charge in [-0.2, -0.15) is 0 Å². The molecule has 1 aliphatic carbocycles. The summed E-state index contributed by atoms with van der Waals surface area (Å²) in [5.74, 6) is 6.30. The van der Waals surface area contributed by atoms with Crippen LogP contribution in [-0.4, -0.2) is 79.4 Å². The van der Waals surface area contributed by atoms with Crippen molar-refractivity contribution in [1.29, 1.82) is 0 Å². The number of benzene rings is 1. The molecule has 0 fully saturated rings. The van der Waals surface area contributed by atoms with Gasteiger partial charge in [0.05, 0.1) is 33.8 Å². The van der Waals surface area contributed by atoms with Gasteiger partial charge in [0.25, 0.3) is 0 Å². The lowest BCUT2D eigenvalue weighted by Crippen LogP contribution is -2.49. The van der Waals surface area contributed by atoms with Crippen LogP contribution in [0.15, 0.2) is 52.7 Å². The standard InChI is InChI=1S/C33H55N7O5S/c1-4-40(2,3)27-19-28(41)21-29(20-27)45-18-12-10-8-6-5-7-9-11-17-39(36)24-26(34)22-37-33(43)31(35)23-38-32(42)25-13-15-30(46-44)16-14-25/h13,15,19-21,24,31H,4-12,14,16-18,22-23,34-36H2,1-3H3,(H3-,37,38,41,42,43,44)/p+1. The highest BCUT2D eigenvalue weighted by molar-refractivity contribution is 7.97. The summed E-state index contributed by atoms with van der Waals surface area (Å²) in [5, 5.41) is 16.9. The first-order valence-electron chi connectivity index (χ1n) is 16.3. The van der Waals surface area contributed by atoms with E-state index < -0.39 is 11.9 Å². The fraction of sp³-hybridized carbons (Fsp3) is 0.576. The number of hydrogen-bond acceptors (Lipinski definition) is 10. The van der Waals surface area contributed by atoms with Crippen molar-refractivity contribution in [2.24, 2.45) is 17.3 Å². The van der Waals surface area contributed by atoms with E-state index in [1.807, 2.05) is 6.07 Å². The zero-order valence-electron chi connectivity index (χ0n) is 27.8. The van der Waals surface area contributed by atoms with Crippen molar-refractivity contribution in [3.63, 3.8) is 0 Å². The summed E-state index contributed by atoms with van der Waals surface area (Å²) in [4.78, 5) is 25.4. The Morgan fingerprint density at radius 1 is 1.04 bits per heavy atom. The van der Waals surface area contributed by atoms with Crippen LogP contribution in [0.3, 0.4) is 0 Å². The maximum absolute atomic E-state index is 12.3. The van der Waals surface area contributed by atoms with E-state index in [2.05, 4.69) is 31.7 Å². The molecule has 46 heavy (non-hydrogen) atoms. The zero-order chi connectivity index (χ0) is 34.0. The number of nitrogens with two attached hydrogens (primary N) is 3. The number of amides is 2. The summed E-state index contributed by atoms with van der Waals surface area (Å²) in [7, 11) is 4.22. The van der Waals surface area contributed by atoms with Crippen molar-refractivity contribution in [2.45, 2.75) is 77.2 Å². The number of nitrogens with one attached hydrogen (secondary N) is 2. The number of ether oxygens (including phenoxy) is 1. The third kappa shape index (κ3) is 14.9. The Bertz CT molecular complexity index is 1200. The third-order valence-electron chi connectivity index (χ3n) is 8.08. The van der Waals surface area contributed by atoms with E-state index in [9.17, 15) is 14.7 Å². The van der Waals surface area contributed by atoms with Crippen LogP contribution in [0.1, 0.15) is 71.1 Å². The number of allylic oxidation sites excluding steroid dienone is 3. The predicted molar refractivity (Wildman–Crippen MR) is 187 cm³/mol. The number of aromatic hydroxyl groups is 1. The fourth-order valence-corrected chi connectivity index (χ4v) is 5.09. The second kappa shape index (κ2) is 20.8. The van der Waals surface area contributed by atoms with E-state index in [0.29, 0.717) is 53.8 Å². The Hall–Kier alpha value is -3.23. The van der Waals surface area contributed by atoms with E-state index in [0.717, 1.165) is 55.0 Å². The molecule has 13 heteroatoms. The first-order chi connectivity index (χ1) is 21.9. The number of unbranched alkanes of at least 4 members (excludes halogenated alkanes) is 7. The lowest BCUT2D eigenvalue weighted by Gasteiger charge is -2.28. The molecule has 0 aliphatic heterocycles. The summed E-state index contributed by atoms with van der Waals surface area (Å²) in [6.45, 7) is 4.44. The van der Waals surface area contributed by atoms with Crippen molar-refractivity contribution in [3.05, 3.63) is 52.7 Å². The molecule has 2 rings (SSSR count). The molecule has 0 aromatic heterocycles. The summed E-state index contributed by atoms with van der Waals surface area (Å²) < 4.78 is 15.7. The molecule has 1 aromatic carbocycles. The zero-order valence-corrected chi connectivity index (χ0v) is 28.6. The first-order valence-corrected chi connectivity index (χ1v) is 17.0. The number of carbonyl (C=O) groups is 2. The number of hydrogen-bond donors (Lipinski definition) is 7. The lowest BCUT2D eigenvalue weighted by molar-refractivity contribution is -0.122. The molecule has 0 heterocycles. The largest absolute Gasteiger partial charge is 0.508 e. The molecule has 0 radical (unpaired) electrons. The molecule has 10 N–H and O–H groups in total. The average Bonchev–Trinajstić information content (AvgIpc) is 3.04. The maximum atomic E-state index is 12.3. The van der Waals surface area contributed by atoms with Gasteiger partial charge in [-0.05, 0) is 38.7 Å². The van der Waals surface area contributed by atoms with Crippen molar-refractivity contribution >= 4 is 29.5 Å². The van der Waals surface area contributed by atoms with Gasteiger partial charge in [0.15, 0.2) is 0 Å². The van der Waals surface area contributed by atoms with Crippen LogP contribution in [0, 0.1) is 0 Å². The molecule has 12 nitrogen and oxygen atoms in total. The Kier molecular flexibility index (Phi) is 17.6. The summed E-state index contributed by atoms with van der Waals surface area (Å²) in [6.07, 6.45) is 14.9. The molecule has 1 aliphatic rings. The molecular weight excluding hydrogens is 606 g/mol. The quantitative estimate of drug-likeness (QED) is 0.0316. The van der Waals surface area contributed by atoms with Crippen LogP contribution in [0.4, 0.5) is 5.69 Å². The van der Waals surface area contributed by atoms with Crippen LogP contribution >= 0.6 is 12.0 Å². The van der Waals surface area contributed by atoms with E-state index in [-0.39, 0.29) is 24.7 Å². The van der Waals surface area contributed by atoms with Gasteiger partial charge in [-0.25, -0.2) is 5.84 Å². The first kappa shape index (κ1) is 39.0. The van der Waals surface area contributed by atoms with Gasteiger partial charge >= 0.3 is 0 Å². The number of quaternary nitrogens is 1. The van der Waals surface area contributed by atoms with Gasteiger partial charge in [0.2, 0.25) is 11.8 Å². The van der Waals surface area contributed by atoms with Crippen LogP contribution in [0.5, 0.6) is 11.5 Å². The van der Waals surface area contributed by atoms with E-state index in [1.54, 1.807) is 30.5 Å². The number of carbonyl (C=O) groups excluding carboxylic acids is 2. The molecule has 1 aromatic rings. The summed E-state index contributed by atoms with van der Waals surface area (Å²) in [6, 6.07) is 4.57. The highest BCUT2D eigenvalue weighted by Crippen LogP contribution is 2.30. The lowest BCUT2D eigenvalue weighted by atomic mass is 10.0. The average molecular weight is 663 g/mol. The minimum atomic E-state index is -0.918. The maximum Gasteiger partial charge on any atom is 0.247 e. The minimum Gasteiger partial charge on any atom is -0.508 e. The Balaban J connectivity index is 1.50. The molecule has 258 valence electrons. The van der Waals surface area contributed by atoms with E-state index in [1.165, 1.54) is 24.3 Å². The van der Waals surface area contributed by atoms with Crippen LogP contribution in [0.25, 0.3) is 0 Å². The topological polar surface area (TPSA) is 189 Å². The molecule has 0 saturated carbocycles. The van der Waals surface area contributed by atoms with E-state index in [4.69, 9.17) is 26.6 Å². The van der Waals surface area contributed by atoms with Crippen molar-refractivity contribution in [1.82, 2.24) is 20.1 Å². The highest BCUT2D eigenvalue weighted by Gasteiger charge is 2.19. The molecule has 2 amide bonds. The van der Waals surface area contributed by atoms with Crippen molar-refractivity contribution < 1.29 is 24.0 Å². The number of phenolic OH excluding ortho intramolecular Hbond substituents is 1. The Labute approximate surface area is 278 Å². The normalized spacial score (nSPS) is 14.3. The van der Waals surface area contributed by atoms with Gasteiger partial charge in [-0.15, -0.1) is 0 Å². The van der Waals surface area contributed by atoms with Gasteiger partial charge in [-0.3, -0.25) is 14.1 Å².